The second-order valence-electron chi connectivity index (χ2n) is 9.82. The number of hydrogen-bond donors (Lipinski definition) is 7. The fourth-order valence-electron chi connectivity index (χ4n) is 5.67. The van der Waals surface area contributed by atoms with Crippen molar-refractivity contribution >= 4 is 65.3 Å². The summed E-state index contributed by atoms with van der Waals surface area (Å²) in [5.41, 5.74) is 14.0. The number of hydrogen-bond acceptors (Lipinski definition) is 15. The van der Waals surface area contributed by atoms with Crippen LogP contribution < -0.4 is 20.6 Å². The van der Waals surface area contributed by atoms with Crippen LogP contribution in [-0.4, -0.2) is 93.1 Å². The lowest BCUT2D eigenvalue weighted by atomic mass is 10.2. The number of ether oxygens (including phenoxy) is 2. The Labute approximate surface area is 237 Å². The number of nitrogens with two attached hydrogens (primary N) is 2. The molecule has 9 atom stereocenters. The second-order valence-corrected chi connectivity index (χ2v) is 13.6. The summed E-state index contributed by atoms with van der Waals surface area (Å²) < 4.78 is 39.6. The molecule has 4 aliphatic heterocycles. The molecule has 9 N–H and O–H groups in total. The number of nitrogens with one attached hydrogen (secondary N) is 2. The predicted molar refractivity (Wildman–Crippen MR) is 138 cm³/mol. The van der Waals surface area contributed by atoms with Gasteiger partial charge in [0.2, 0.25) is 11.0 Å². The third-order valence-electron chi connectivity index (χ3n) is 7.51. The number of anilines is 2. The van der Waals surface area contributed by atoms with Gasteiger partial charge in [-0.1, -0.05) is 9.97 Å². The fourth-order valence-corrected chi connectivity index (χ4v) is 9.45. The first-order valence-electron chi connectivity index (χ1n) is 12.4. The molecular formula is C20H23N10O8PS2+2. The number of H-pyrrole nitrogens is 2. The number of nitrogen functional groups attached to an aromatic ring is 2. The summed E-state index contributed by atoms with van der Waals surface area (Å²) in [6, 6.07) is 0. The Morgan fingerprint density at radius 3 is 2.12 bits per heavy atom. The Morgan fingerprint density at radius 1 is 0.951 bits per heavy atom. The number of thioether (sulfide) groups is 2. The molecule has 18 nitrogen and oxygen atoms in total. The van der Waals surface area contributed by atoms with Crippen LogP contribution in [0.15, 0.2) is 23.0 Å². The molecule has 0 spiro atoms. The van der Waals surface area contributed by atoms with E-state index in [1.165, 1.54) is 36.2 Å². The predicted octanol–water partition coefficient (Wildman–Crippen LogP) is -1.73. The smallest absolute Gasteiger partial charge is 0.394 e. The van der Waals surface area contributed by atoms with Crippen molar-refractivity contribution in [2.75, 3.05) is 24.7 Å². The van der Waals surface area contributed by atoms with Crippen molar-refractivity contribution in [3.05, 3.63) is 12.7 Å². The number of fused-ring (bicyclic) bond motifs is 10. The summed E-state index contributed by atoms with van der Waals surface area (Å²) in [5.74, 6) is 0.546. The van der Waals surface area contributed by atoms with Gasteiger partial charge in [-0.3, -0.25) is 19.0 Å². The number of phosphoric ester groups is 1. The summed E-state index contributed by atoms with van der Waals surface area (Å²) in [6.07, 6.45) is -2.48. The number of rotatable bonds is 6. The van der Waals surface area contributed by atoms with Crippen LogP contribution in [0, 0.1) is 0 Å². The summed E-state index contributed by atoms with van der Waals surface area (Å²) in [4.78, 5) is 33.5. The van der Waals surface area contributed by atoms with Gasteiger partial charge in [-0.25, -0.2) is 4.57 Å². The minimum atomic E-state index is -4.70. The molecule has 8 rings (SSSR count). The van der Waals surface area contributed by atoms with Gasteiger partial charge in [-0.05, 0) is 23.5 Å². The first-order chi connectivity index (χ1) is 19.7. The van der Waals surface area contributed by atoms with Gasteiger partial charge in [0.15, 0.2) is 36.7 Å². The highest BCUT2D eigenvalue weighted by molar-refractivity contribution is 8.00. The molecule has 4 aliphatic rings. The molecule has 4 aromatic heterocycles. The van der Waals surface area contributed by atoms with E-state index in [1.807, 2.05) is 0 Å². The molecule has 2 fully saturated rings. The van der Waals surface area contributed by atoms with E-state index in [9.17, 15) is 19.7 Å². The Balaban J connectivity index is 0.972. The van der Waals surface area contributed by atoms with Gasteiger partial charge in [0.1, 0.15) is 34.9 Å². The molecule has 216 valence electrons. The average Bonchev–Trinajstić information content (AvgIpc) is 3.74. The Bertz CT molecular complexity index is 1760. The lowest BCUT2D eigenvalue weighted by molar-refractivity contribution is -0.763. The molecule has 2 saturated heterocycles. The number of imidazole rings is 2. The fraction of sp³-hybridized carbons (Fsp3) is 0.500. The number of aromatic amines is 2. The van der Waals surface area contributed by atoms with Crippen molar-refractivity contribution in [1.29, 1.82) is 0 Å². The van der Waals surface area contributed by atoms with Crippen molar-refractivity contribution in [3.8, 4) is 0 Å². The van der Waals surface area contributed by atoms with Crippen molar-refractivity contribution in [3.63, 3.8) is 0 Å². The lowest BCUT2D eigenvalue weighted by Crippen LogP contribution is -2.40. The van der Waals surface area contributed by atoms with Gasteiger partial charge >= 0.3 is 19.1 Å². The highest BCUT2D eigenvalue weighted by Gasteiger charge is 2.58. The number of aliphatic hydroxyl groups is 2. The van der Waals surface area contributed by atoms with E-state index in [0.29, 0.717) is 32.6 Å². The highest BCUT2D eigenvalue weighted by atomic mass is 32.2. The van der Waals surface area contributed by atoms with Crippen LogP contribution in [0.4, 0.5) is 11.6 Å². The van der Waals surface area contributed by atoms with E-state index in [2.05, 4.69) is 29.9 Å². The number of nitrogens with zero attached hydrogens (tertiary/aromatic N) is 6. The molecule has 0 amide bonds. The summed E-state index contributed by atoms with van der Waals surface area (Å²) in [5, 5.41) is 21.3. The Morgan fingerprint density at radius 2 is 1.51 bits per heavy atom. The maximum absolute atomic E-state index is 13.1. The van der Waals surface area contributed by atoms with Crippen LogP contribution in [0.2, 0.25) is 0 Å². The first-order valence-corrected chi connectivity index (χ1v) is 15.7. The average molecular weight is 627 g/mol. The quantitative estimate of drug-likeness (QED) is 0.0926. The highest BCUT2D eigenvalue weighted by Crippen LogP contribution is 2.53. The van der Waals surface area contributed by atoms with Gasteiger partial charge in [-0.15, -0.1) is 0 Å². The van der Waals surface area contributed by atoms with Crippen molar-refractivity contribution in [2.24, 2.45) is 0 Å². The molecule has 0 bridgehead atoms. The number of aromatic nitrogens is 8. The van der Waals surface area contributed by atoms with E-state index in [4.69, 9.17) is 30.0 Å². The molecular weight excluding hydrogens is 603 g/mol. The monoisotopic (exact) mass is 626 g/mol. The molecule has 0 aliphatic carbocycles. The third-order valence-corrected chi connectivity index (χ3v) is 11.1. The van der Waals surface area contributed by atoms with Crippen LogP contribution in [0.3, 0.4) is 0 Å². The van der Waals surface area contributed by atoms with Crippen LogP contribution >= 0.6 is 31.3 Å². The molecule has 21 heteroatoms. The van der Waals surface area contributed by atoms with E-state index in [-0.39, 0.29) is 11.6 Å². The van der Waals surface area contributed by atoms with Crippen LogP contribution in [0.5, 0.6) is 0 Å². The molecule has 9 unspecified atom stereocenters. The van der Waals surface area contributed by atoms with Gasteiger partial charge < -0.3 is 36.0 Å². The van der Waals surface area contributed by atoms with E-state index in [0.717, 1.165) is 0 Å². The molecule has 8 heterocycles. The zero-order valence-corrected chi connectivity index (χ0v) is 23.2. The molecule has 41 heavy (non-hydrogen) atoms. The zero-order valence-electron chi connectivity index (χ0n) is 20.7. The maximum atomic E-state index is 13.1. The molecule has 4 aromatic rings. The van der Waals surface area contributed by atoms with Crippen molar-refractivity contribution < 1.29 is 47.3 Å². The number of aliphatic hydroxyl groups excluding tert-OH is 2. The zero-order chi connectivity index (χ0) is 28.2. The Kier molecular flexibility index (Phi) is 5.82. The van der Waals surface area contributed by atoms with Gasteiger partial charge in [-0.2, -0.15) is 19.1 Å². The summed E-state index contributed by atoms with van der Waals surface area (Å²) in [7, 11) is -4.70. The molecule has 0 saturated carbocycles. The normalized spacial score (nSPS) is 33.2. The summed E-state index contributed by atoms with van der Waals surface area (Å²) in [6.45, 7) is -0.887. The van der Waals surface area contributed by atoms with Crippen molar-refractivity contribution in [2.45, 2.75) is 57.7 Å². The van der Waals surface area contributed by atoms with E-state index >= 15 is 0 Å². The van der Waals surface area contributed by atoms with Crippen LogP contribution in [0.1, 0.15) is 12.5 Å². The Hall–Kier alpha value is -2.65. The van der Waals surface area contributed by atoms with Gasteiger partial charge in [0.05, 0.1) is 13.2 Å². The first kappa shape index (κ1) is 26.0. The topological polar surface area (TPSA) is 258 Å². The van der Waals surface area contributed by atoms with Gasteiger partial charge in [0.25, 0.3) is 10.3 Å². The molecule has 0 radical (unpaired) electrons. The minimum Gasteiger partial charge on any atom is -0.394 e. The summed E-state index contributed by atoms with van der Waals surface area (Å²) >= 11 is 2.65. The van der Waals surface area contributed by atoms with Gasteiger partial charge in [0, 0.05) is 0 Å². The lowest BCUT2D eigenvalue weighted by Gasteiger charge is -2.23. The van der Waals surface area contributed by atoms with Crippen molar-refractivity contribution in [1.82, 2.24) is 29.9 Å². The standard InChI is InChI=1S/C20H21N10O8PS2/c21-13-7-15(25-3-23-13)29-17-11(40-19(29)27-7)9(32)6(37-17)2-35-39(33,34)38-10-5(1-31)36-18-12(10)41-20-28-8-14(22)24-4-26-16(8)30(18)20/h3-6,9-12,17-18,31-32H,1-2H2,(H5,21,22,23,24,25,26,33,34)/p+2. The third kappa shape index (κ3) is 3.83. The minimum absolute atomic E-state index is 0.266. The molecule has 0 aromatic carbocycles. The van der Waals surface area contributed by atoms with Crippen LogP contribution in [0.25, 0.3) is 22.3 Å². The second kappa shape index (κ2) is 9.17. The SMILES string of the molecule is Nc1ncnc2c1[nH]c1[n+]2C2OC(COP(=O)(O)OC3C(CO)OC4C3Sc3[nH]c5c(N)ncnc5[n+]34)C(O)C2S1. The van der Waals surface area contributed by atoms with E-state index in [1.54, 1.807) is 9.13 Å². The number of phosphoric acid groups is 1. The largest absolute Gasteiger partial charge is 0.472 e. The van der Waals surface area contributed by atoms with E-state index < -0.39 is 68.4 Å². The van der Waals surface area contributed by atoms with Crippen LogP contribution in [-0.2, 0) is 23.1 Å². The maximum Gasteiger partial charge on any atom is 0.472 e.